The molecule has 2 heterocycles. The highest BCUT2D eigenvalue weighted by Gasteiger charge is 2.30. The lowest BCUT2D eigenvalue weighted by Gasteiger charge is -2.06. The number of carbonyl (C=O) groups is 1. The third-order valence-corrected chi connectivity index (χ3v) is 4.30. The SMILES string of the molecule is O=C(NCCn1ccnc1)c1csc(-c2ccc(C(F)(F)F)cc2)n1. The molecular weight excluding hydrogens is 353 g/mol. The number of imidazole rings is 1. The van der Waals surface area contributed by atoms with Crippen molar-refractivity contribution < 1.29 is 18.0 Å². The van der Waals surface area contributed by atoms with Gasteiger partial charge in [-0.15, -0.1) is 11.3 Å². The van der Waals surface area contributed by atoms with Gasteiger partial charge in [0.05, 0.1) is 11.9 Å². The summed E-state index contributed by atoms with van der Waals surface area (Å²) in [7, 11) is 0. The van der Waals surface area contributed by atoms with E-state index in [4.69, 9.17) is 0 Å². The Morgan fingerprint density at radius 1 is 1.24 bits per heavy atom. The van der Waals surface area contributed by atoms with Crippen molar-refractivity contribution >= 4 is 17.2 Å². The molecule has 3 aromatic rings. The summed E-state index contributed by atoms with van der Waals surface area (Å²) < 4.78 is 39.6. The number of hydrogen-bond acceptors (Lipinski definition) is 4. The summed E-state index contributed by atoms with van der Waals surface area (Å²) in [5.74, 6) is -0.325. The average Bonchev–Trinajstić information content (AvgIpc) is 3.26. The van der Waals surface area contributed by atoms with Crippen LogP contribution in [0.25, 0.3) is 10.6 Å². The number of aromatic nitrogens is 3. The van der Waals surface area contributed by atoms with E-state index in [2.05, 4.69) is 15.3 Å². The Morgan fingerprint density at radius 2 is 2.00 bits per heavy atom. The molecule has 1 aromatic carbocycles. The summed E-state index contributed by atoms with van der Waals surface area (Å²) >= 11 is 1.21. The number of benzene rings is 1. The standard InChI is InChI=1S/C16H13F3N4OS/c17-16(18,19)12-3-1-11(2-4-12)15-22-13(9-25-15)14(24)21-6-8-23-7-5-20-10-23/h1-5,7,9-10H,6,8H2,(H,21,24). The molecule has 0 saturated heterocycles. The van der Waals surface area contributed by atoms with Gasteiger partial charge in [-0.3, -0.25) is 4.79 Å². The molecule has 5 nitrogen and oxygen atoms in total. The maximum atomic E-state index is 12.6. The molecule has 0 atom stereocenters. The number of thiazole rings is 1. The monoisotopic (exact) mass is 366 g/mol. The molecule has 130 valence electrons. The van der Waals surface area contributed by atoms with Crippen LogP contribution in [0.1, 0.15) is 16.1 Å². The van der Waals surface area contributed by atoms with E-state index in [1.54, 1.807) is 24.1 Å². The number of nitrogens with one attached hydrogen (secondary N) is 1. The van der Waals surface area contributed by atoms with E-state index in [0.717, 1.165) is 12.1 Å². The molecule has 0 spiro atoms. The zero-order chi connectivity index (χ0) is 17.9. The summed E-state index contributed by atoms with van der Waals surface area (Å²) in [4.78, 5) is 20.2. The van der Waals surface area contributed by atoms with E-state index in [1.165, 1.54) is 23.5 Å². The lowest BCUT2D eigenvalue weighted by atomic mass is 10.1. The first-order valence-corrected chi connectivity index (χ1v) is 8.18. The smallest absolute Gasteiger partial charge is 0.349 e. The topological polar surface area (TPSA) is 59.8 Å². The quantitative estimate of drug-likeness (QED) is 0.752. The van der Waals surface area contributed by atoms with Gasteiger partial charge in [-0.25, -0.2) is 9.97 Å². The largest absolute Gasteiger partial charge is 0.416 e. The van der Waals surface area contributed by atoms with Gasteiger partial charge in [0.25, 0.3) is 5.91 Å². The third-order valence-electron chi connectivity index (χ3n) is 3.41. The van der Waals surface area contributed by atoms with Gasteiger partial charge >= 0.3 is 6.18 Å². The highest BCUT2D eigenvalue weighted by molar-refractivity contribution is 7.13. The van der Waals surface area contributed by atoms with Gasteiger partial charge in [-0.05, 0) is 12.1 Å². The summed E-state index contributed by atoms with van der Waals surface area (Å²) in [6, 6.07) is 4.70. The van der Waals surface area contributed by atoms with E-state index >= 15 is 0 Å². The van der Waals surface area contributed by atoms with Gasteiger partial charge in [0.2, 0.25) is 0 Å². The number of halogens is 3. The van der Waals surface area contributed by atoms with E-state index in [0.29, 0.717) is 23.7 Å². The number of nitrogens with zero attached hydrogens (tertiary/aromatic N) is 3. The normalized spacial score (nSPS) is 11.5. The average molecular weight is 366 g/mol. The number of hydrogen-bond donors (Lipinski definition) is 1. The Hall–Kier alpha value is -2.68. The molecule has 1 N–H and O–H groups in total. The molecule has 0 radical (unpaired) electrons. The minimum atomic E-state index is -4.37. The van der Waals surface area contributed by atoms with E-state index in [-0.39, 0.29) is 11.6 Å². The van der Waals surface area contributed by atoms with Crippen molar-refractivity contribution in [3.8, 4) is 10.6 Å². The van der Waals surface area contributed by atoms with Gasteiger partial charge in [0.15, 0.2) is 0 Å². The second-order valence-electron chi connectivity index (χ2n) is 5.17. The summed E-state index contributed by atoms with van der Waals surface area (Å²) in [5, 5.41) is 4.82. The second kappa shape index (κ2) is 7.06. The highest BCUT2D eigenvalue weighted by atomic mass is 32.1. The molecule has 2 aromatic heterocycles. The summed E-state index contributed by atoms with van der Waals surface area (Å²) in [5.41, 5.74) is 0.0614. The van der Waals surface area contributed by atoms with Gasteiger partial charge in [0.1, 0.15) is 10.7 Å². The third kappa shape index (κ3) is 4.24. The molecule has 1 amide bonds. The Bertz CT molecular complexity index is 841. The van der Waals surface area contributed by atoms with Crippen molar-refractivity contribution in [3.05, 3.63) is 59.6 Å². The van der Waals surface area contributed by atoms with Crippen LogP contribution in [0.2, 0.25) is 0 Å². The van der Waals surface area contributed by atoms with E-state index in [1.807, 2.05) is 4.57 Å². The zero-order valence-corrected chi connectivity index (χ0v) is 13.6. The Labute approximate surface area is 145 Å². The minimum absolute atomic E-state index is 0.241. The predicted molar refractivity (Wildman–Crippen MR) is 87.1 cm³/mol. The van der Waals surface area contributed by atoms with Gasteiger partial charge in [-0.1, -0.05) is 12.1 Å². The Balaban J connectivity index is 1.62. The summed E-state index contributed by atoms with van der Waals surface area (Å²) in [6.07, 6.45) is 0.718. The van der Waals surface area contributed by atoms with Crippen LogP contribution in [0, 0.1) is 0 Å². The van der Waals surface area contributed by atoms with Crippen molar-refractivity contribution in [3.63, 3.8) is 0 Å². The van der Waals surface area contributed by atoms with Crippen molar-refractivity contribution in [1.29, 1.82) is 0 Å². The van der Waals surface area contributed by atoms with Crippen molar-refractivity contribution in [2.75, 3.05) is 6.54 Å². The Morgan fingerprint density at radius 3 is 2.64 bits per heavy atom. The first kappa shape index (κ1) is 17.2. The van der Waals surface area contributed by atoms with Crippen LogP contribution < -0.4 is 5.32 Å². The van der Waals surface area contributed by atoms with Crippen molar-refractivity contribution in [1.82, 2.24) is 19.9 Å². The molecular formula is C16H13F3N4OS. The Kier molecular flexibility index (Phi) is 4.84. The van der Waals surface area contributed by atoms with Crippen LogP contribution in [-0.2, 0) is 12.7 Å². The predicted octanol–water partition coefficient (Wildman–Crippen LogP) is 3.46. The summed E-state index contributed by atoms with van der Waals surface area (Å²) in [6.45, 7) is 1.00. The first-order chi connectivity index (χ1) is 11.9. The van der Waals surface area contributed by atoms with Crippen LogP contribution in [0.15, 0.2) is 48.4 Å². The van der Waals surface area contributed by atoms with Crippen LogP contribution in [0.3, 0.4) is 0 Å². The molecule has 0 bridgehead atoms. The zero-order valence-electron chi connectivity index (χ0n) is 12.8. The molecule has 0 aliphatic heterocycles. The van der Waals surface area contributed by atoms with Crippen molar-refractivity contribution in [2.24, 2.45) is 0 Å². The highest BCUT2D eigenvalue weighted by Crippen LogP contribution is 2.31. The fourth-order valence-electron chi connectivity index (χ4n) is 2.12. The molecule has 25 heavy (non-hydrogen) atoms. The lowest BCUT2D eigenvalue weighted by molar-refractivity contribution is -0.137. The molecule has 0 aliphatic carbocycles. The first-order valence-electron chi connectivity index (χ1n) is 7.30. The van der Waals surface area contributed by atoms with Crippen molar-refractivity contribution in [2.45, 2.75) is 12.7 Å². The van der Waals surface area contributed by atoms with Crippen LogP contribution in [0.4, 0.5) is 13.2 Å². The van der Waals surface area contributed by atoms with E-state index < -0.39 is 11.7 Å². The number of rotatable bonds is 5. The maximum absolute atomic E-state index is 12.6. The molecule has 9 heteroatoms. The number of carbonyl (C=O) groups excluding carboxylic acids is 1. The maximum Gasteiger partial charge on any atom is 0.416 e. The number of alkyl halides is 3. The van der Waals surface area contributed by atoms with Gasteiger partial charge in [-0.2, -0.15) is 13.2 Å². The second-order valence-corrected chi connectivity index (χ2v) is 6.03. The van der Waals surface area contributed by atoms with Gasteiger partial charge in [0, 0.05) is 36.4 Å². The lowest BCUT2D eigenvalue weighted by Crippen LogP contribution is -2.27. The minimum Gasteiger partial charge on any atom is -0.349 e. The fraction of sp³-hybridized carbons (Fsp3) is 0.188. The van der Waals surface area contributed by atoms with Crippen LogP contribution >= 0.6 is 11.3 Å². The molecule has 0 unspecified atom stereocenters. The van der Waals surface area contributed by atoms with E-state index in [9.17, 15) is 18.0 Å². The molecule has 0 saturated carbocycles. The molecule has 3 rings (SSSR count). The fourth-order valence-corrected chi connectivity index (χ4v) is 2.93. The van der Waals surface area contributed by atoms with Crippen LogP contribution in [0.5, 0.6) is 0 Å². The molecule has 0 fully saturated rings. The number of amides is 1. The van der Waals surface area contributed by atoms with Gasteiger partial charge < -0.3 is 9.88 Å². The van der Waals surface area contributed by atoms with Crippen LogP contribution in [-0.4, -0.2) is 27.0 Å². The molecule has 0 aliphatic rings.